The maximum Gasteiger partial charge on any atom is 0.314 e. The van der Waals surface area contributed by atoms with Crippen LogP contribution in [0.4, 0.5) is 8.78 Å². The lowest BCUT2D eigenvalue weighted by atomic mass is 9.82. The Morgan fingerprint density at radius 3 is 2.76 bits per heavy atom. The highest BCUT2D eigenvalue weighted by atomic mass is 19.2. The van der Waals surface area contributed by atoms with E-state index in [0.29, 0.717) is 18.6 Å². The molecule has 0 N–H and O–H groups in total. The summed E-state index contributed by atoms with van der Waals surface area (Å²) in [6, 6.07) is 3.47. The van der Waals surface area contributed by atoms with Gasteiger partial charge < -0.3 is 4.74 Å². The topological polar surface area (TPSA) is 26.3 Å². The second-order valence-corrected chi connectivity index (χ2v) is 4.01. The van der Waals surface area contributed by atoms with Crippen molar-refractivity contribution in [1.82, 2.24) is 0 Å². The summed E-state index contributed by atoms with van der Waals surface area (Å²) < 4.78 is 30.9. The number of allylic oxidation sites excluding steroid dienone is 1. The number of hydrogen-bond acceptors (Lipinski definition) is 2. The van der Waals surface area contributed by atoms with Crippen LogP contribution >= 0.6 is 0 Å². The molecule has 1 heterocycles. The van der Waals surface area contributed by atoms with E-state index >= 15 is 0 Å². The first-order valence-corrected chi connectivity index (χ1v) is 5.37. The Kier molecular flexibility index (Phi) is 3.22. The first-order valence-electron chi connectivity index (χ1n) is 5.37. The predicted molar refractivity (Wildman–Crippen MR) is 58.4 cm³/mol. The lowest BCUT2D eigenvalue weighted by Gasteiger charge is -2.28. The van der Waals surface area contributed by atoms with Crippen molar-refractivity contribution in [2.24, 2.45) is 5.92 Å². The van der Waals surface area contributed by atoms with Gasteiger partial charge in [-0.25, -0.2) is 8.78 Å². The van der Waals surface area contributed by atoms with Crippen molar-refractivity contribution in [2.75, 3.05) is 6.61 Å². The SMILES string of the molecule is C=C[C@@H]1CCOC(=O)[C@H]1c1ccc(F)c(F)c1. The van der Waals surface area contributed by atoms with E-state index < -0.39 is 23.5 Å². The quantitative estimate of drug-likeness (QED) is 0.585. The predicted octanol–water partition coefficient (Wildman–Crippen LogP) is 2.80. The van der Waals surface area contributed by atoms with Gasteiger partial charge in [-0.15, -0.1) is 6.58 Å². The zero-order valence-corrected chi connectivity index (χ0v) is 9.16. The van der Waals surface area contributed by atoms with Crippen LogP contribution in [0.5, 0.6) is 0 Å². The highest BCUT2D eigenvalue weighted by Gasteiger charge is 2.33. The molecule has 0 aliphatic carbocycles. The van der Waals surface area contributed by atoms with Gasteiger partial charge in [-0.3, -0.25) is 4.79 Å². The van der Waals surface area contributed by atoms with Crippen LogP contribution in [0.3, 0.4) is 0 Å². The van der Waals surface area contributed by atoms with Crippen LogP contribution in [-0.2, 0) is 9.53 Å². The standard InChI is InChI=1S/C13H12F2O2/c1-2-8-5-6-17-13(16)12(8)9-3-4-10(14)11(15)7-9/h2-4,7-8,12H,1,5-6H2/t8-,12-/m1/s1. The van der Waals surface area contributed by atoms with Gasteiger partial charge >= 0.3 is 5.97 Å². The summed E-state index contributed by atoms with van der Waals surface area (Å²) in [5.41, 5.74) is 0.429. The van der Waals surface area contributed by atoms with Crippen LogP contribution < -0.4 is 0 Å². The number of esters is 1. The van der Waals surface area contributed by atoms with Crippen LogP contribution in [0.1, 0.15) is 17.9 Å². The number of benzene rings is 1. The summed E-state index contributed by atoms with van der Waals surface area (Å²) in [6.07, 6.45) is 2.31. The summed E-state index contributed by atoms with van der Waals surface area (Å²) in [5, 5.41) is 0. The molecule has 1 aliphatic rings. The van der Waals surface area contributed by atoms with E-state index in [2.05, 4.69) is 6.58 Å². The molecule has 2 atom stereocenters. The van der Waals surface area contributed by atoms with Gasteiger partial charge in [0.1, 0.15) is 0 Å². The largest absolute Gasteiger partial charge is 0.465 e. The van der Waals surface area contributed by atoms with E-state index in [-0.39, 0.29) is 5.92 Å². The first kappa shape index (κ1) is 11.8. The Morgan fingerprint density at radius 1 is 1.35 bits per heavy atom. The first-order chi connectivity index (χ1) is 8.13. The average molecular weight is 238 g/mol. The molecule has 1 fully saturated rings. The molecule has 2 rings (SSSR count). The molecule has 0 bridgehead atoms. The van der Waals surface area contributed by atoms with E-state index in [1.165, 1.54) is 6.07 Å². The Hall–Kier alpha value is -1.71. The Balaban J connectivity index is 2.37. The molecule has 0 spiro atoms. The van der Waals surface area contributed by atoms with E-state index in [1.807, 2.05) is 0 Å². The van der Waals surface area contributed by atoms with Crippen molar-refractivity contribution in [2.45, 2.75) is 12.3 Å². The van der Waals surface area contributed by atoms with Gasteiger partial charge in [0.25, 0.3) is 0 Å². The van der Waals surface area contributed by atoms with Gasteiger partial charge in [-0.2, -0.15) is 0 Å². The van der Waals surface area contributed by atoms with E-state index in [4.69, 9.17) is 4.74 Å². The molecule has 1 saturated heterocycles. The average Bonchev–Trinajstić information content (AvgIpc) is 2.32. The normalized spacial score (nSPS) is 24.2. The number of carbonyl (C=O) groups is 1. The molecule has 0 unspecified atom stereocenters. The molecule has 1 aromatic rings. The van der Waals surface area contributed by atoms with Crippen molar-refractivity contribution >= 4 is 5.97 Å². The summed E-state index contributed by atoms with van der Waals surface area (Å²) in [5.74, 6) is -2.97. The van der Waals surface area contributed by atoms with Crippen LogP contribution in [0.25, 0.3) is 0 Å². The third-order valence-corrected chi connectivity index (χ3v) is 2.98. The molecule has 0 radical (unpaired) electrons. The van der Waals surface area contributed by atoms with Gasteiger partial charge in [0.15, 0.2) is 11.6 Å². The fraction of sp³-hybridized carbons (Fsp3) is 0.308. The minimum atomic E-state index is -0.955. The number of cyclic esters (lactones) is 1. The van der Waals surface area contributed by atoms with E-state index in [1.54, 1.807) is 6.08 Å². The van der Waals surface area contributed by atoms with Gasteiger partial charge in [0.05, 0.1) is 12.5 Å². The lowest BCUT2D eigenvalue weighted by molar-refractivity contribution is -0.150. The van der Waals surface area contributed by atoms with E-state index in [0.717, 1.165) is 12.1 Å². The zero-order valence-electron chi connectivity index (χ0n) is 9.16. The van der Waals surface area contributed by atoms with Crippen LogP contribution in [-0.4, -0.2) is 12.6 Å². The highest BCUT2D eigenvalue weighted by Crippen LogP contribution is 2.33. The molecule has 1 aromatic carbocycles. The second kappa shape index (κ2) is 4.65. The second-order valence-electron chi connectivity index (χ2n) is 4.01. The van der Waals surface area contributed by atoms with Crippen LogP contribution in [0.2, 0.25) is 0 Å². The third-order valence-electron chi connectivity index (χ3n) is 2.98. The van der Waals surface area contributed by atoms with Gasteiger partial charge in [-0.05, 0) is 30.0 Å². The van der Waals surface area contributed by atoms with Gasteiger partial charge in [0.2, 0.25) is 0 Å². The molecule has 0 aromatic heterocycles. The smallest absolute Gasteiger partial charge is 0.314 e. The van der Waals surface area contributed by atoms with Crippen LogP contribution in [0, 0.1) is 17.6 Å². The highest BCUT2D eigenvalue weighted by molar-refractivity contribution is 5.79. The Labute approximate surface area is 97.9 Å². The third kappa shape index (κ3) is 2.20. The lowest BCUT2D eigenvalue weighted by Crippen LogP contribution is -2.29. The van der Waals surface area contributed by atoms with Crippen LogP contribution in [0.15, 0.2) is 30.9 Å². The van der Waals surface area contributed by atoms with E-state index in [9.17, 15) is 13.6 Å². The maximum atomic E-state index is 13.1. The number of ether oxygens (including phenoxy) is 1. The zero-order chi connectivity index (χ0) is 12.4. The molecule has 0 saturated carbocycles. The molecular formula is C13H12F2O2. The fourth-order valence-corrected chi connectivity index (χ4v) is 2.07. The summed E-state index contributed by atoms with van der Waals surface area (Å²) in [6.45, 7) is 4.00. The molecule has 4 heteroatoms. The Morgan fingerprint density at radius 2 is 2.12 bits per heavy atom. The number of carbonyl (C=O) groups excluding carboxylic acids is 1. The fourth-order valence-electron chi connectivity index (χ4n) is 2.07. The van der Waals surface area contributed by atoms with Gasteiger partial charge in [0, 0.05) is 0 Å². The molecule has 17 heavy (non-hydrogen) atoms. The number of rotatable bonds is 2. The van der Waals surface area contributed by atoms with Crippen molar-refractivity contribution in [3.8, 4) is 0 Å². The summed E-state index contributed by atoms with van der Waals surface area (Å²) in [4.78, 5) is 11.7. The minimum Gasteiger partial charge on any atom is -0.465 e. The Bertz CT molecular complexity index is 457. The van der Waals surface area contributed by atoms with Crippen molar-refractivity contribution in [3.63, 3.8) is 0 Å². The molecular weight excluding hydrogens is 226 g/mol. The van der Waals surface area contributed by atoms with Gasteiger partial charge in [-0.1, -0.05) is 12.1 Å². The minimum absolute atomic E-state index is 0.0962. The molecule has 1 aliphatic heterocycles. The van der Waals surface area contributed by atoms with Crippen molar-refractivity contribution in [3.05, 3.63) is 48.1 Å². The molecule has 90 valence electrons. The monoisotopic (exact) mass is 238 g/mol. The summed E-state index contributed by atoms with van der Waals surface area (Å²) >= 11 is 0. The maximum absolute atomic E-state index is 13.1. The van der Waals surface area contributed by atoms with Crippen molar-refractivity contribution in [1.29, 1.82) is 0 Å². The van der Waals surface area contributed by atoms with Crippen molar-refractivity contribution < 1.29 is 18.3 Å². The molecule has 0 amide bonds. The molecule has 2 nitrogen and oxygen atoms in total. The summed E-state index contributed by atoms with van der Waals surface area (Å²) in [7, 11) is 0. The number of halogens is 2. The number of hydrogen-bond donors (Lipinski definition) is 0.